The van der Waals surface area contributed by atoms with Crippen molar-refractivity contribution in [3.63, 3.8) is 0 Å². The summed E-state index contributed by atoms with van der Waals surface area (Å²) < 4.78 is 5.16. The average molecular weight is 231 g/mol. The molecule has 0 amide bonds. The summed E-state index contributed by atoms with van der Waals surface area (Å²) in [6.07, 6.45) is 1.50. The van der Waals surface area contributed by atoms with Crippen LogP contribution in [0.2, 0.25) is 0 Å². The van der Waals surface area contributed by atoms with Gasteiger partial charge in [0.15, 0.2) is 11.5 Å². The largest absolute Gasteiger partial charge is 0.476 e. The van der Waals surface area contributed by atoms with E-state index < -0.39 is 5.97 Å². The third kappa shape index (κ3) is 2.20. The maximum absolute atomic E-state index is 11.0. The molecule has 0 aliphatic carbocycles. The lowest BCUT2D eigenvalue weighted by Gasteiger charge is -2.00. The first-order chi connectivity index (χ1) is 8.24. The lowest BCUT2D eigenvalue weighted by molar-refractivity contribution is 0.0684. The molecule has 4 nitrogen and oxygen atoms in total. The number of aromatic nitrogens is 1. The van der Waals surface area contributed by atoms with Gasteiger partial charge in [-0.1, -0.05) is 48.8 Å². The fourth-order valence-corrected chi connectivity index (χ4v) is 1.78. The van der Waals surface area contributed by atoms with E-state index in [2.05, 4.69) is 5.16 Å². The van der Waals surface area contributed by atoms with E-state index in [9.17, 15) is 4.79 Å². The summed E-state index contributed by atoms with van der Waals surface area (Å²) in [5.41, 5.74) is 1.55. The van der Waals surface area contributed by atoms with Crippen molar-refractivity contribution in [3.8, 4) is 11.3 Å². The van der Waals surface area contributed by atoms with Gasteiger partial charge in [0, 0.05) is 11.1 Å². The van der Waals surface area contributed by atoms with Gasteiger partial charge >= 0.3 is 5.97 Å². The van der Waals surface area contributed by atoms with E-state index in [0.29, 0.717) is 17.7 Å². The van der Waals surface area contributed by atoms with E-state index >= 15 is 0 Å². The normalized spacial score (nSPS) is 10.4. The van der Waals surface area contributed by atoms with Gasteiger partial charge in [-0.3, -0.25) is 0 Å². The Bertz CT molecular complexity index is 517. The summed E-state index contributed by atoms with van der Waals surface area (Å²) in [5, 5.41) is 12.7. The first-order valence-corrected chi connectivity index (χ1v) is 5.51. The van der Waals surface area contributed by atoms with Crippen molar-refractivity contribution in [2.75, 3.05) is 0 Å². The number of carbonyl (C=O) groups is 1. The Balaban J connectivity index is 2.51. The molecule has 0 aliphatic heterocycles. The second kappa shape index (κ2) is 4.82. The van der Waals surface area contributed by atoms with Crippen LogP contribution in [-0.2, 0) is 6.42 Å². The zero-order valence-corrected chi connectivity index (χ0v) is 9.51. The Morgan fingerprint density at radius 2 is 2.06 bits per heavy atom. The summed E-state index contributed by atoms with van der Waals surface area (Å²) in [6, 6.07) is 9.43. The zero-order valence-electron chi connectivity index (χ0n) is 9.51. The van der Waals surface area contributed by atoms with Crippen LogP contribution in [0.15, 0.2) is 34.9 Å². The van der Waals surface area contributed by atoms with Crippen LogP contribution in [0.3, 0.4) is 0 Å². The minimum Gasteiger partial charge on any atom is -0.476 e. The van der Waals surface area contributed by atoms with E-state index in [1.54, 1.807) is 0 Å². The Morgan fingerprint density at radius 3 is 2.65 bits per heavy atom. The SMILES string of the molecule is CCCc1c(C(=O)O)noc1-c1ccccc1. The monoisotopic (exact) mass is 231 g/mol. The van der Waals surface area contributed by atoms with Crippen molar-refractivity contribution in [2.24, 2.45) is 0 Å². The fourth-order valence-electron chi connectivity index (χ4n) is 1.78. The van der Waals surface area contributed by atoms with Crippen LogP contribution in [-0.4, -0.2) is 16.2 Å². The van der Waals surface area contributed by atoms with Gasteiger partial charge in [-0.15, -0.1) is 0 Å². The van der Waals surface area contributed by atoms with E-state index in [4.69, 9.17) is 9.63 Å². The molecule has 4 heteroatoms. The summed E-state index contributed by atoms with van der Waals surface area (Å²) in [4.78, 5) is 11.0. The summed E-state index contributed by atoms with van der Waals surface area (Å²) in [7, 11) is 0. The van der Waals surface area contributed by atoms with Crippen LogP contribution in [0.4, 0.5) is 0 Å². The molecule has 1 aromatic heterocycles. The molecule has 0 saturated heterocycles. The topological polar surface area (TPSA) is 63.3 Å². The van der Waals surface area contributed by atoms with Crippen molar-refractivity contribution in [2.45, 2.75) is 19.8 Å². The third-order valence-corrected chi connectivity index (χ3v) is 2.53. The molecule has 17 heavy (non-hydrogen) atoms. The van der Waals surface area contributed by atoms with Gasteiger partial charge in [-0.25, -0.2) is 4.79 Å². The Labute approximate surface area is 98.9 Å². The summed E-state index contributed by atoms with van der Waals surface area (Å²) in [5.74, 6) is -0.482. The fraction of sp³-hybridized carbons (Fsp3) is 0.231. The van der Waals surface area contributed by atoms with Gasteiger partial charge in [0.25, 0.3) is 0 Å². The lowest BCUT2D eigenvalue weighted by Crippen LogP contribution is -2.01. The summed E-state index contributed by atoms with van der Waals surface area (Å²) >= 11 is 0. The number of nitrogens with zero attached hydrogens (tertiary/aromatic N) is 1. The van der Waals surface area contributed by atoms with Gasteiger partial charge in [-0.05, 0) is 6.42 Å². The zero-order chi connectivity index (χ0) is 12.3. The molecule has 0 fully saturated rings. The molecule has 1 aromatic carbocycles. The van der Waals surface area contributed by atoms with E-state index in [1.165, 1.54) is 0 Å². The molecule has 2 rings (SSSR count). The van der Waals surface area contributed by atoms with E-state index in [-0.39, 0.29) is 5.69 Å². The Hall–Kier alpha value is -2.10. The first-order valence-electron chi connectivity index (χ1n) is 5.51. The predicted molar refractivity (Wildman–Crippen MR) is 62.9 cm³/mol. The number of aromatic carboxylic acids is 1. The van der Waals surface area contributed by atoms with Crippen molar-refractivity contribution < 1.29 is 14.4 Å². The van der Waals surface area contributed by atoms with Crippen molar-refractivity contribution in [3.05, 3.63) is 41.6 Å². The number of benzene rings is 1. The molecule has 0 saturated carbocycles. The van der Waals surface area contributed by atoms with Gasteiger partial charge < -0.3 is 9.63 Å². The van der Waals surface area contributed by atoms with Crippen molar-refractivity contribution >= 4 is 5.97 Å². The van der Waals surface area contributed by atoms with Gasteiger partial charge in [0.05, 0.1) is 0 Å². The smallest absolute Gasteiger partial charge is 0.358 e. The minimum atomic E-state index is -1.04. The highest BCUT2D eigenvalue weighted by atomic mass is 16.5. The Kier molecular flexibility index (Phi) is 3.23. The first kappa shape index (κ1) is 11.4. The van der Waals surface area contributed by atoms with Crippen molar-refractivity contribution in [1.29, 1.82) is 0 Å². The standard InChI is InChI=1S/C13H13NO3/c1-2-6-10-11(13(15)16)14-17-12(10)9-7-4-3-5-8-9/h3-5,7-8H,2,6H2,1H3,(H,15,16). The van der Waals surface area contributed by atoms with Crippen LogP contribution in [0, 0.1) is 0 Å². The molecule has 0 radical (unpaired) electrons. The van der Waals surface area contributed by atoms with Crippen LogP contribution in [0.25, 0.3) is 11.3 Å². The molecule has 1 N–H and O–H groups in total. The molecule has 1 heterocycles. The average Bonchev–Trinajstić information content (AvgIpc) is 2.75. The molecule has 0 unspecified atom stereocenters. The summed E-state index contributed by atoms with van der Waals surface area (Å²) in [6.45, 7) is 1.99. The number of hydrogen-bond donors (Lipinski definition) is 1. The minimum absolute atomic E-state index is 0.0192. The van der Waals surface area contributed by atoms with E-state index in [0.717, 1.165) is 12.0 Å². The molecule has 88 valence electrons. The number of carboxylic acid groups (broad SMARTS) is 1. The van der Waals surface area contributed by atoms with Crippen LogP contribution >= 0.6 is 0 Å². The second-order valence-corrected chi connectivity index (χ2v) is 3.76. The molecule has 0 atom stereocenters. The maximum Gasteiger partial charge on any atom is 0.358 e. The number of carboxylic acids is 1. The lowest BCUT2D eigenvalue weighted by atomic mass is 10.0. The van der Waals surface area contributed by atoms with Crippen molar-refractivity contribution in [1.82, 2.24) is 5.16 Å². The van der Waals surface area contributed by atoms with Gasteiger partial charge in [0.1, 0.15) is 0 Å². The predicted octanol–water partition coefficient (Wildman–Crippen LogP) is 2.99. The number of rotatable bonds is 4. The van der Waals surface area contributed by atoms with Crippen LogP contribution in [0.5, 0.6) is 0 Å². The highest BCUT2D eigenvalue weighted by Crippen LogP contribution is 2.27. The van der Waals surface area contributed by atoms with E-state index in [1.807, 2.05) is 37.3 Å². The second-order valence-electron chi connectivity index (χ2n) is 3.76. The van der Waals surface area contributed by atoms with Crippen LogP contribution in [0.1, 0.15) is 29.4 Å². The molecular formula is C13H13NO3. The highest BCUT2D eigenvalue weighted by molar-refractivity contribution is 5.89. The Morgan fingerprint density at radius 1 is 1.35 bits per heavy atom. The molecule has 0 spiro atoms. The quantitative estimate of drug-likeness (QED) is 0.878. The molecule has 0 aliphatic rings. The van der Waals surface area contributed by atoms with Crippen LogP contribution < -0.4 is 0 Å². The third-order valence-electron chi connectivity index (χ3n) is 2.53. The molecule has 2 aromatic rings. The molecule has 0 bridgehead atoms. The number of hydrogen-bond acceptors (Lipinski definition) is 3. The highest BCUT2D eigenvalue weighted by Gasteiger charge is 2.21. The molecular weight excluding hydrogens is 218 g/mol. The maximum atomic E-state index is 11.0. The van der Waals surface area contributed by atoms with Gasteiger partial charge in [-0.2, -0.15) is 0 Å². The van der Waals surface area contributed by atoms with Gasteiger partial charge in [0.2, 0.25) is 0 Å².